The van der Waals surface area contributed by atoms with E-state index < -0.39 is 0 Å². The number of nitrogens with zero attached hydrogens (tertiary/aromatic N) is 1. The fourth-order valence-corrected chi connectivity index (χ4v) is 6.00. The van der Waals surface area contributed by atoms with Crippen molar-refractivity contribution < 1.29 is 9.59 Å². The second kappa shape index (κ2) is 10.4. The molecule has 0 fully saturated rings. The summed E-state index contributed by atoms with van der Waals surface area (Å²) in [6.45, 7) is 12.5. The van der Waals surface area contributed by atoms with E-state index in [1.807, 2.05) is 4.90 Å². The van der Waals surface area contributed by atoms with Crippen LogP contribution in [0.25, 0.3) is 0 Å². The van der Waals surface area contributed by atoms with E-state index >= 15 is 0 Å². The Bertz CT molecular complexity index is 971. The fourth-order valence-electron chi connectivity index (χ4n) is 4.47. The Kier molecular flexibility index (Phi) is 8.05. The zero-order valence-electron chi connectivity index (χ0n) is 19.9. The quantitative estimate of drug-likeness (QED) is 0.466. The lowest BCUT2D eigenvalue weighted by molar-refractivity contribution is 0.0755. The first-order chi connectivity index (χ1) is 15.2. The Hall–Kier alpha value is -1.85. The molecule has 1 heterocycles. The Morgan fingerprint density at radius 3 is 2.41 bits per heavy atom. The predicted octanol–water partition coefficient (Wildman–Crippen LogP) is 7.07. The van der Waals surface area contributed by atoms with Crippen LogP contribution < -0.4 is 5.32 Å². The van der Waals surface area contributed by atoms with Crippen LogP contribution in [-0.2, 0) is 12.8 Å². The number of carbonyl (C=O) groups excluding carboxylic acids is 2. The lowest BCUT2D eigenvalue weighted by atomic mass is 9.72. The number of halogens is 1. The first-order valence-electron chi connectivity index (χ1n) is 11.7. The van der Waals surface area contributed by atoms with Gasteiger partial charge in [0.15, 0.2) is 0 Å². The number of hydrogen-bond donors (Lipinski definition) is 1. The van der Waals surface area contributed by atoms with Gasteiger partial charge in [-0.3, -0.25) is 9.59 Å². The van der Waals surface area contributed by atoms with E-state index in [-0.39, 0.29) is 17.2 Å². The number of hydrogen-bond acceptors (Lipinski definition) is 3. The van der Waals surface area contributed by atoms with Crippen molar-refractivity contribution in [1.29, 1.82) is 0 Å². The third-order valence-electron chi connectivity index (χ3n) is 6.32. The number of fused-ring (bicyclic) bond motifs is 1. The van der Waals surface area contributed by atoms with Gasteiger partial charge < -0.3 is 10.2 Å². The topological polar surface area (TPSA) is 49.4 Å². The number of thiophene rings is 1. The number of benzene rings is 1. The van der Waals surface area contributed by atoms with Gasteiger partial charge >= 0.3 is 0 Å². The Morgan fingerprint density at radius 1 is 1.16 bits per heavy atom. The molecule has 3 rings (SSSR count). The van der Waals surface area contributed by atoms with Crippen LogP contribution in [0, 0.1) is 11.3 Å². The lowest BCUT2D eigenvalue weighted by Gasteiger charge is -2.34. The average Bonchev–Trinajstić information content (AvgIpc) is 3.09. The highest BCUT2D eigenvalue weighted by atomic mass is 35.5. The molecule has 4 nitrogen and oxygen atoms in total. The standard InChI is InChI=1S/C26H35ClN2O2S/c1-6-14-29(15-7-2)25(31)22-19-13-12-17(26(3,4)5)16-21(19)32-24(22)28-23(30)18-10-8-9-11-20(18)27/h8-11,17H,6-7,12-16H2,1-5H3,(H,28,30). The maximum atomic E-state index is 13.7. The molecular weight excluding hydrogens is 440 g/mol. The first kappa shape index (κ1) is 24.8. The van der Waals surface area contributed by atoms with Crippen molar-refractivity contribution in [3.05, 3.63) is 50.9 Å². The number of anilines is 1. The highest BCUT2D eigenvalue weighted by molar-refractivity contribution is 7.17. The normalized spacial score (nSPS) is 15.9. The molecule has 0 radical (unpaired) electrons. The maximum absolute atomic E-state index is 13.7. The molecule has 0 aliphatic heterocycles. The van der Waals surface area contributed by atoms with Gasteiger partial charge in [-0.2, -0.15) is 0 Å². The summed E-state index contributed by atoms with van der Waals surface area (Å²) in [4.78, 5) is 29.9. The molecule has 1 N–H and O–H groups in total. The largest absolute Gasteiger partial charge is 0.339 e. The summed E-state index contributed by atoms with van der Waals surface area (Å²) < 4.78 is 0. The summed E-state index contributed by atoms with van der Waals surface area (Å²) >= 11 is 7.83. The molecule has 1 aromatic heterocycles. The van der Waals surface area contributed by atoms with E-state index in [4.69, 9.17) is 11.6 Å². The van der Waals surface area contributed by atoms with Crippen LogP contribution >= 0.6 is 22.9 Å². The van der Waals surface area contributed by atoms with Gasteiger partial charge in [-0.15, -0.1) is 11.3 Å². The molecule has 32 heavy (non-hydrogen) atoms. The molecule has 1 unspecified atom stereocenters. The van der Waals surface area contributed by atoms with Gasteiger partial charge in [0.2, 0.25) is 0 Å². The van der Waals surface area contributed by atoms with Gasteiger partial charge in [-0.05, 0) is 61.1 Å². The van der Waals surface area contributed by atoms with Crippen molar-refractivity contribution in [3.63, 3.8) is 0 Å². The number of nitrogens with one attached hydrogen (secondary N) is 1. The molecule has 0 saturated carbocycles. The molecule has 0 bridgehead atoms. The maximum Gasteiger partial charge on any atom is 0.257 e. The van der Waals surface area contributed by atoms with Crippen molar-refractivity contribution in [2.45, 2.75) is 66.7 Å². The van der Waals surface area contributed by atoms with Crippen molar-refractivity contribution >= 4 is 39.8 Å². The van der Waals surface area contributed by atoms with E-state index in [9.17, 15) is 9.59 Å². The van der Waals surface area contributed by atoms with Gasteiger partial charge in [0.05, 0.1) is 16.1 Å². The average molecular weight is 475 g/mol. The lowest BCUT2D eigenvalue weighted by Crippen LogP contribution is -2.34. The minimum absolute atomic E-state index is 0.0369. The molecule has 2 aromatic rings. The van der Waals surface area contributed by atoms with Gasteiger partial charge in [0.1, 0.15) is 5.00 Å². The third kappa shape index (κ3) is 5.37. The second-order valence-electron chi connectivity index (χ2n) is 9.74. The predicted molar refractivity (Wildman–Crippen MR) is 135 cm³/mol. The minimum atomic E-state index is -0.270. The third-order valence-corrected chi connectivity index (χ3v) is 7.82. The van der Waals surface area contributed by atoms with Crippen LogP contribution in [0.3, 0.4) is 0 Å². The van der Waals surface area contributed by atoms with Crippen molar-refractivity contribution in [1.82, 2.24) is 4.90 Å². The second-order valence-corrected chi connectivity index (χ2v) is 11.3. The summed E-state index contributed by atoms with van der Waals surface area (Å²) in [7, 11) is 0. The Labute approximate surface area is 201 Å². The van der Waals surface area contributed by atoms with Gasteiger partial charge in [-0.1, -0.05) is 58.4 Å². The van der Waals surface area contributed by atoms with E-state index in [2.05, 4.69) is 39.9 Å². The van der Waals surface area contributed by atoms with Crippen molar-refractivity contribution in [3.8, 4) is 0 Å². The van der Waals surface area contributed by atoms with Gasteiger partial charge in [0, 0.05) is 18.0 Å². The van der Waals surface area contributed by atoms with Crippen molar-refractivity contribution in [2.75, 3.05) is 18.4 Å². The number of rotatable bonds is 7. The van der Waals surface area contributed by atoms with E-state index in [0.717, 1.165) is 50.8 Å². The van der Waals surface area contributed by atoms with Crippen LogP contribution in [-0.4, -0.2) is 29.8 Å². The molecule has 0 saturated heterocycles. The van der Waals surface area contributed by atoms with Gasteiger partial charge in [0.25, 0.3) is 11.8 Å². The fraction of sp³-hybridized carbons (Fsp3) is 0.538. The molecule has 6 heteroatoms. The van der Waals surface area contributed by atoms with Crippen LogP contribution in [0.1, 0.15) is 85.0 Å². The van der Waals surface area contributed by atoms with E-state index in [1.54, 1.807) is 35.6 Å². The zero-order chi connectivity index (χ0) is 23.5. The number of amides is 2. The molecular formula is C26H35ClN2O2S. The molecule has 1 aliphatic carbocycles. The summed E-state index contributed by atoms with van der Waals surface area (Å²) in [5.41, 5.74) is 2.46. The van der Waals surface area contributed by atoms with Gasteiger partial charge in [-0.25, -0.2) is 0 Å². The summed E-state index contributed by atoms with van der Waals surface area (Å²) in [6, 6.07) is 7.02. The Morgan fingerprint density at radius 2 is 1.81 bits per heavy atom. The van der Waals surface area contributed by atoms with Crippen LogP contribution in [0.4, 0.5) is 5.00 Å². The Balaban J connectivity index is 2.01. The molecule has 2 amide bonds. The summed E-state index contributed by atoms with van der Waals surface area (Å²) in [5.74, 6) is 0.328. The molecule has 1 aromatic carbocycles. The highest BCUT2D eigenvalue weighted by Crippen LogP contribution is 2.44. The minimum Gasteiger partial charge on any atom is -0.339 e. The van der Waals surface area contributed by atoms with Crippen molar-refractivity contribution in [2.24, 2.45) is 11.3 Å². The summed E-state index contributed by atoms with van der Waals surface area (Å²) in [6.07, 6.45) is 4.71. The first-order valence-corrected chi connectivity index (χ1v) is 12.9. The number of carbonyl (C=O) groups is 2. The highest BCUT2D eigenvalue weighted by Gasteiger charge is 2.35. The van der Waals surface area contributed by atoms with E-state index in [0.29, 0.717) is 27.1 Å². The summed E-state index contributed by atoms with van der Waals surface area (Å²) in [5, 5.41) is 4.12. The monoisotopic (exact) mass is 474 g/mol. The molecule has 1 aliphatic rings. The zero-order valence-corrected chi connectivity index (χ0v) is 21.5. The molecule has 174 valence electrons. The van der Waals surface area contributed by atoms with E-state index in [1.165, 1.54) is 4.88 Å². The molecule has 1 atom stereocenters. The molecule has 0 spiro atoms. The van der Waals surface area contributed by atoms with Crippen LogP contribution in [0.15, 0.2) is 24.3 Å². The van der Waals surface area contributed by atoms with Crippen LogP contribution in [0.5, 0.6) is 0 Å². The smallest absolute Gasteiger partial charge is 0.257 e. The van der Waals surface area contributed by atoms with Crippen LogP contribution in [0.2, 0.25) is 5.02 Å². The SMILES string of the molecule is CCCN(CCC)C(=O)c1c(NC(=O)c2ccccc2Cl)sc2c1CCC(C(C)(C)C)C2.